The smallest absolute Gasteiger partial charge is 0.309 e. The summed E-state index contributed by atoms with van der Waals surface area (Å²) in [5.41, 5.74) is 0. The van der Waals surface area contributed by atoms with Crippen LogP contribution in [0, 0.1) is 5.89 Å². The molecule has 1 N–H and O–H groups in total. The van der Waals surface area contributed by atoms with E-state index in [1.165, 1.54) is 0 Å². The van der Waals surface area contributed by atoms with Gasteiger partial charge in [-0.2, -0.15) is 0 Å². The van der Waals surface area contributed by atoms with Crippen molar-refractivity contribution in [2.45, 2.75) is 19.7 Å². The van der Waals surface area contributed by atoms with E-state index in [9.17, 15) is 9.59 Å². The summed E-state index contributed by atoms with van der Waals surface area (Å²) in [4.78, 5) is 21.6. The molecular formula is C7H12O4. The van der Waals surface area contributed by atoms with Crippen LogP contribution in [-0.4, -0.2) is 24.2 Å². The Morgan fingerprint density at radius 3 is 2.91 bits per heavy atom. The third kappa shape index (κ3) is 3.60. The van der Waals surface area contributed by atoms with E-state index in [1.807, 2.05) is 0 Å². The second-order valence-corrected chi connectivity index (χ2v) is 1.75. The van der Waals surface area contributed by atoms with Gasteiger partial charge in [-0.3, -0.25) is 9.59 Å². The number of esters is 1. The minimum atomic E-state index is -2.41. The summed E-state index contributed by atoms with van der Waals surface area (Å²) in [5, 5.41) is 8.49. The molecule has 4 heteroatoms. The Morgan fingerprint density at radius 2 is 2.55 bits per heavy atom. The maximum absolute atomic E-state index is 11.2. The summed E-state index contributed by atoms with van der Waals surface area (Å²) < 4.78 is 32.8. The highest BCUT2D eigenvalue weighted by atomic mass is 16.5. The summed E-state index contributed by atoms with van der Waals surface area (Å²) in [6, 6.07) is 0. The Kier molecular flexibility index (Phi) is 2.03. The van der Waals surface area contributed by atoms with Crippen LogP contribution in [0.4, 0.5) is 0 Å². The van der Waals surface area contributed by atoms with Gasteiger partial charge in [-0.15, -0.1) is 0 Å². The Morgan fingerprint density at radius 1 is 1.91 bits per heavy atom. The molecule has 0 fully saturated rings. The molecule has 0 aromatic heterocycles. The van der Waals surface area contributed by atoms with Gasteiger partial charge in [-0.05, 0) is 6.40 Å². The van der Waals surface area contributed by atoms with Gasteiger partial charge in [0.05, 0.1) is 19.4 Å². The van der Waals surface area contributed by atoms with Crippen molar-refractivity contribution in [2.75, 3.05) is 7.11 Å². The van der Waals surface area contributed by atoms with Crippen LogP contribution in [0.1, 0.15) is 25.2 Å². The highest BCUT2D eigenvalue weighted by molar-refractivity contribution is 5.78. The van der Waals surface area contributed by atoms with Crippen molar-refractivity contribution in [1.29, 1.82) is 0 Å². The molecule has 0 radical (unpaired) electrons. The minimum Gasteiger partial charge on any atom is -0.481 e. The van der Waals surface area contributed by atoms with E-state index in [0.717, 1.165) is 7.11 Å². The zero-order chi connectivity index (χ0) is 12.2. The molecule has 2 atom stereocenters. The number of methoxy groups -OCH3 is 1. The quantitative estimate of drug-likeness (QED) is 0.496. The summed E-state index contributed by atoms with van der Waals surface area (Å²) in [6.45, 7) is -1.79. The summed E-state index contributed by atoms with van der Waals surface area (Å²) in [5.74, 6) is -5.07. The van der Waals surface area contributed by atoms with Gasteiger partial charge in [0, 0.05) is 5.48 Å². The fraction of sp³-hybridized carbons (Fsp3) is 0.714. The van der Waals surface area contributed by atoms with E-state index in [4.69, 9.17) is 10.6 Å². The highest BCUT2D eigenvalue weighted by Gasteiger charge is 2.19. The Bertz CT molecular complexity index is 257. The maximum atomic E-state index is 11.2. The van der Waals surface area contributed by atoms with Gasteiger partial charge in [0.2, 0.25) is 0 Å². The molecule has 0 spiro atoms. The molecule has 0 bridgehead atoms. The van der Waals surface area contributed by atoms with Crippen LogP contribution < -0.4 is 0 Å². The van der Waals surface area contributed by atoms with Crippen molar-refractivity contribution in [3.63, 3.8) is 0 Å². The number of carboxylic acid groups (broad SMARTS) is 1. The van der Waals surface area contributed by atoms with Crippen molar-refractivity contribution in [2.24, 2.45) is 5.89 Å². The molecule has 0 amide bonds. The molecule has 0 unspecified atom stereocenters. The number of ether oxygens (including phenoxy) is 1. The lowest BCUT2D eigenvalue weighted by Gasteiger charge is -2.08. The number of aliphatic carboxylic acids is 1. The second-order valence-electron chi connectivity index (χ2n) is 1.75. The van der Waals surface area contributed by atoms with Crippen LogP contribution in [-0.2, 0) is 14.3 Å². The normalized spacial score (nSPS) is 23.5. The summed E-state index contributed by atoms with van der Waals surface area (Å²) >= 11 is 0. The monoisotopic (exact) mass is 169 g/mol. The van der Waals surface area contributed by atoms with Crippen molar-refractivity contribution < 1.29 is 24.9 Å². The van der Waals surface area contributed by atoms with E-state index >= 15 is 0 Å². The molecule has 0 heterocycles. The molecule has 0 saturated heterocycles. The number of hydrogen-bond donors (Lipinski definition) is 1. The van der Waals surface area contributed by atoms with Crippen LogP contribution in [0.2, 0.25) is 0 Å². The largest absolute Gasteiger partial charge is 0.481 e. The average Bonchev–Trinajstić information content (AvgIpc) is 2.13. The highest BCUT2D eigenvalue weighted by Crippen LogP contribution is 2.09. The molecule has 64 valence electrons. The SMILES string of the molecule is [2H][13CH]([2H])[13C@H]([2H])[13C@@]([2H])([13CH2][13C](=O)O)C(=O)OC. The van der Waals surface area contributed by atoms with Gasteiger partial charge in [0.1, 0.15) is 0 Å². The predicted octanol–water partition coefficient (Wildman–Crippen LogP) is 0.660. The fourth-order valence-electron chi connectivity index (χ4n) is 0.493. The first-order valence-electron chi connectivity index (χ1n) is 5.06. The van der Waals surface area contributed by atoms with Crippen molar-refractivity contribution >= 4 is 11.9 Å². The lowest BCUT2D eigenvalue weighted by molar-refractivity contribution is -0.150. The van der Waals surface area contributed by atoms with Gasteiger partial charge < -0.3 is 9.84 Å². The second kappa shape index (κ2) is 4.71. The van der Waals surface area contributed by atoms with Gasteiger partial charge in [-0.1, -0.05) is 6.88 Å². The molecule has 0 aliphatic heterocycles. The van der Waals surface area contributed by atoms with E-state index in [1.54, 1.807) is 0 Å². The van der Waals surface area contributed by atoms with E-state index in [2.05, 4.69) is 4.74 Å². The van der Waals surface area contributed by atoms with E-state index in [-0.39, 0.29) is 0 Å². The Labute approximate surface area is 70.8 Å². The lowest BCUT2D eigenvalue weighted by Crippen LogP contribution is -2.18. The number of rotatable bonds is 4. The molecule has 0 aromatic carbocycles. The molecular weight excluding hydrogens is 153 g/mol. The summed E-state index contributed by atoms with van der Waals surface area (Å²) in [6.07, 6.45) is -2.75. The first-order chi connectivity index (χ1) is 6.75. The average molecular weight is 169 g/mol. The topological polar surface area (TPSA) is 63.6 Å². The third-order valence-electron chi connectivity index (χ3n) is 0.990. The first-order valence-corrected chi connectivity index (χ1v) is 2.82. The third-order valence-corrected chi connectivity index (χ3v) is 0.990. The standard InChI is InChI=1S/C7H12O4/c1-3-5(4-6(8)9)7(10)11-2/h5H,3-4H2,1-2H3,(H,8,9)/t5-/m0/s1/i1+1D2,3+1D,4+1,5+1D,6+1/t3-,5-. The van der Waals surface area contributed by atoms with Crippen LogP contribution >= 0.6 is 0 Å². The van der Waals surface area contributed by atoms with Crippen LogP contribution in [0.5, 0.6) is 0 Å². The van der Waals surface area contributed by atoms with Crippen molar-refractivity contribution in [3.8, 4) is 0 Å². The predicted molar refractivity (Wildman–Crippen MR) is 38.0 cm³/mol. The van der Waals surface area contributed by atoms with E-state index < -0.39 is 37.5 Å². The maximum Gasteiger partial charge on any atom is 0.309 e. The Balaban J connectivity index is 5.00. The van der Waals surface area contributed by atoms with Crippen LogP contribution in [0.25, 0.3) is 0 Å². The number of hydrogen-bond acceptors (Lipinski definition) is 3. The first kappa shape index (κ1) is 4.74. The zero-order valence-electron chi connectivity index (χ0n) is 10.0. The molecule has 0 aromatic rings. The van der Waals surface area contributed by atoms with E-state index in [0.29, 0.717) is 0 Å². The Hall–Kier alpha value is -1.06. The molecule has 0 aliphatic rings. The van der Waals surface area contributed by atoms with Gasteiger partial charge in [0.15, 0.2) is 0 Å². The van der Waals surface area contributed by atoms with Crippen LogP contribution in [0.15, 0.2) is 0 Å². The molecule has 0 saturated carbocycles. The molecule has 11 heavy (non-hydrogen) atoms. The van der Waals surface area contributed by atoms with Gasteiger partial charge >= 0.3 is 11.9 Å². The van der Waals surface area contributed by atoms with Crippen LogP contribution in [0.3, 0.4) is 0 Å². The minimum absolute atomic E-state index is 0.956. The number of carbonyl (C=O) groups is 2. The molecule has 0 aliphatic carbocycles. The number of carbonyl (C=O) groups excluding carboxylic acids is 1. The number of carboxylic acids is 1. The fourth-order valence-corrected chi connectivity index (χ4v) is 0.493. The molecule has 0 rings (SSSR count). The van der Waals surface area contributed by atoms with Gasteiger partial charge in [-0.25, -0.2) is 0 Å². The zero-order valence-corrected chi connectivity index (χ0v) is 6.03. The summed E-state index contributed by atoms with van der Waals surface area (Å²) in [7, 11) is 0.961. The van der Waals surface area contributed by atoms with Crippen molar-refractivity contribution in [3.05, 3.63) is 0 Å². The lowest BCUT2D eigenvalue weighted by atomic mass is 10.8. The molecule has 4 nitrogen and oxygen atoms in total. The van der Waals surface area contributed by atoms with Crippen molar-refractivity contribution in [1.82, 2.24) is 0 Å². The van der Waals surface area contributed by atoms with Gasteiger partial charge in [0.25, 0.3) is 0 Å².